The van der Waals surface area contributed by atoms with E-state index in [2.05, 4.69) is 20.7 Å². The number of rotatable bonds is 8. The molecule has 1 atom stereocenters. The molecule has 1 aliphatic rings. The van der Waals surface area contributed by atoms with Gasteiger partial charge in [0.25, 0.3) is 0 Å². The van der Waals surface area contributed by atoms with E-state index in [0.717, 1.165) is 34.8 Å². The number of benzene rings is 1. The van der Waals surface area contributed by atoms with Crippen LogP contribution >= 0.6 is 0 Å². The van der Waals surface area contributed by atoms with E-state index >= 15 is 0 Å². The summed E-state index contributed by atoms with van der Waals surface area (Å²) in [7, 11) is 1.92. The van der Waals surface area contributed by atoms with Gasteiger partial charge in [-0.05, 0) is 39.5 Å². The lowest BCUT2D eigenvalue weighted by Gasteiger charge is -2.30. The summed E-state index contributed by atoms with van der Waals surface area (Å²) >= 11 is 0. The van der Waals surface area contributed by atoms with Gasteiger partial charge >= 0.3 is 6.18 Å². The molecule has 0 radical (unpaired) electrons. The molecule has 34 heavy (non-hydrogen) atoms. The number of halogens is 3. The molecule has 1 saturated carbocycles. The number of anilines is 2. The predicted molar refractivity (Wildman–Crippen MR) is 123 cm³/mol. The van der Waals surface area contributed by atoms with Gasteiger partial charge in [-0.25, -0.2) is 4.98 Å². The van der Waals surface area contributed by atoms with E-state index in [1.807, 2.05) is 48.3 Å². The van der Waals surface area contributed by atoms with Crippen LogP contribution in [0, 0.1) is 6.92 Å². The number of ether oxygens (including phenoxy) is 1. The van der Waals surface area contributed by atoms with Crippen LogP contribution < -0.4 is 15.4 Å². The maximum Gasteiger partial charge on any atom is 0.415 e. The van der Waals surface area contributed by atoms with Crippen molar-refractivity contribution >= 4 is 22.5 Å². The number of aliphatic hydroxyl groups is 1. The fraction of sp³-hybridized carbons (Fsp3) is 0.565. The summed E-state index contributed by atoms with van der Waals surface area (Å²) in [5, 5.41) is 20.0. The first-order chi connectivity index (χ1) is 16.1. The average molecular weight is 481 g/mol. The molecule has 3 N–H and O–H groups in total. The lowest BCUT2D eigenvalue weighted by molar-refractivity contribution is -0.202. The third-order valence-electron chi connectivity index (χ3n) is 6.30. The fourth-order valence-corrected chi connectivity index (χ4v) is 4.37. The maximum absolute atomic E-state index is 12.5. The molecule has 0 spiro atoms. The van der Waals surface area contributed by atoms with Gasteiger partial charge in [0.05, 0.1) is 23.6 Å². The average Bonchev–Trinajstić information content (AvgIpc) is 3.34. The summed E-state index contributed by atoms with van der Waals surface area (Å²) in [6, 6.07) is 5.79. The van der Waals surface area contributed by atoms with E-state index < -0.39 is 18.8 Å². The number of nitrogens with one attached hydrogen (secondary N) is 2. The van der Waals surface area contributed by atoms with Crippen molar-refractivity contribution in [2.24, 2.45) is 7.05 Å². The van der Waals surface area contributed by atoms with Crippen LogP contribution in [0.4, 0.5) is 24.7 Å². The molecule has 1 aromatic carbocycles. The van der Waals surface area contributed by atoms with Gasteiger partial charge in [-0.15, -0.1) is 0 Å². The normalized spacial score (nSPS) is 20.0. The third kappa shape index (κ3) is 5.47. The topological polar surface area (TPSA) is 89.2 Å². The first kappa shape index (κ1) is 24.3. The van der Waals surface area contributed by atoms with Crippen molar-refractivity contribution in [2.75, 3.05) is 11.9 Å². The lowest BCUT2D eigenvalue weighted by Crippen LogP contribution is -2.44. The largest absolute Gasteiger partial charge is 0.490 e. The van der Waals surface area contributed by atoms with Crippen molar-refractivity contribution in [2.45, 2.75) is 70.5 Å². The van der Waals surface area contributed by atoms with E-state index in [0.29, 0.717) is 31.4 Å². The summed E-state index contributed by atoms with van der Waals surface area (Å²) in [6.07, 6.45) is -2.43. The maximum atomic E-state index is 12.5. The van der Waals surface area contributed by atoms with Gasteiger partial charge in [0.2, 0.25) is 0 Å². The summed E-state index contributed by atoms with van der Waals surface area (Å²) in [6.45, 7) is 4.34. The molecule has 1 aliphatic carbocycles. The highest BCUT2D eigenvalue weighted by Crippen LogP contribution is 2.33. The Labute approximate surface area is 196 Å². The first-order valence-corrected chi connectivity index (χ1v) is 11.6. The fourth-order valence-electron chi connectivity index (χ4n) is 4.37. The van der Waals surface area contributed by atoms with Crippen LogP contribution in [0.15, 0.2) is 24.5 Å². The van der Waals surface area contributed by atoms with E-state index in [4.69, 9.17) is 4.74 Å². The number of hydrogen-bond donors (Lipinski definition) is 3. The highest BCUT2D eigenvalue weighted by atomic mass is 19.4. The van der Waals surface area contributed by atoms with Crippen molar-refractivity contribution < 1.29 is 23.0 Å². The van der Waals surface area contributed by atoms with Gasteiger partial charge in [0, 0.05) is 50.1 Å². The second-order valence-electron chi connectivity index (χ2n) is 8.86. The number of alkyl halides is 3. The number of aromatic nitrogens is 4. The summed E-state index contributed by atoms with van der Waals surface area (Å²) in [4.78, 5) is 4.52. The van der Waals surface area contributed by atoms with Crippen LogP contribution in [0.3, 0.4) is 0 Å². The monoisotopic (exact) mass is 480 g/mol. The quantitative estimate of drug-likeness (QED) is 0.451. The summed E-state index contributed by atoms with van der Waals surface area (Å²) in [5.41, 5.74) is 3.59. The molecule has 0 bridgehead atoms. The van der Waals surface area contributed by atoms with E-state index in [1.165, 1.54) is 0 Å². The lowest BCUT2D eigenvalue weighted by atomic mass is 9.93. The summed E-state index contributed by atoms with van der Waals surface area (Å²) in [5.74, 6) is 1.44. The Kier molecular flexibility index (Phi) is 7.04. The Hall–Kier alpha value is -2.79. The van der Waals surface area contributed by atoms with E-state index in [-0.39, 0.29) is 12.1 Å². The van der Waals surface area contributed by atoms with E-state index in [9.17, 15) is 18.3 Å². The van der Waals surface area contributed by atoms with Gasteiger partial charge in [0.15, 0.2) is 11.9 Å². The Morgan fingerprint density at radius 3 is 2.59 bits per heavy atom. The molecule has 186 valence electrons. The molecule has 8 nitrogen and oxygen atoms in total. The highest BCUT2D eigenvalue weighted by molar-refractivity contribution is 5.91. The first-order valence-electron chi connectivity index (χ1n) is 11.6. The zero-order valence-corrected chi connectivity index (χ0v) is 19.6. The van der Waals surface area contributed by atoms with Crippen molar-refractivity contribution in [1.29, 1.82) is 0 Å². The minimum atomic E-state index is -4.60. The Morgan fingerprint density at radius 1 is 1.21 bits per heavy atom. The third-order valence-corrected chi connectivity index (χ3v) is 6.30. The van der Waals surface area contributed by atoms with Crippen LogP contribution in [-0.4, -0.2) is 55.4 Å². The molecule has 0 amide bonds. The molecular weight excluding hydrogens is 449 g/mol. The van der Waals surface area contributed by atoms with Crippen LogP contribution in [0.1, 0.15) is 38.3 Å². The number of hydrogen-bond acceptors (Lipinski definition) is 6. The Bertz CT molecular complexity index is 1120. The smallest absolute Gasteiger partial charge is 0.415 e. The van der Waals surface area contributed by atoms with Gasteiger partial charge in [-0.3, -0.25) is 4.68 Å². The zero-order chi connectivity index (χ0) is 24.5. The highest BCUT2D eigenvalue weighted by Gasteiger charge is 2.38. The van der Waals surface area contributed by atoms with Gasteiger partial charge in [-0.2, -0.15) is 18.3 Å². The number of fused-ring (bicyclic) bond motifs is 1. The number of aliphatic hydroxyl groups excluding tert-OH is 1. The second-order valence-corrected chi connectivity index (χ2v) is 8.86. The zero-order valence-electron chi connectivity index (χ0n) is 19.6. The van der Waals surface area contributed by atoms with Crippen molar-refractivity contribution in [3.63, 3.8) is 0 Å². The minimum Gasteiger partial charge on any atom is -0.490 e. The molecule has 0 aliphatic heterocycles. The SMILES string of the molecule is CCn1nc(Nc2cc(O[C@H]3CC[C@@H](NC[C@@H](O)C(F)(F)F)CC3)cc3c2ncn3C)cc1C. The van der Waals surface area contributed by atoms with Gasteiger partial charge < -0.3 is 25.0 Å². The molecule has 2 aromatic heterocycles. The van der Waals surface area contributed by atoms with Crippen molar-refractivity contribution in [3.05, 3.63) is 30.2 Å². The van der Waals surface area contributed by atoms with Crippen molar-refractivity contribution in [1.82, 2.24) is 24.6 Å². The number of nitrogens with zero attached hydrogens (tertiary/aromatic N) is 4. The van der Waals surface area contributed by atoms with E-state index in [1.54, 1.807) is 6.33 Å². The van der Waals surface area contributed by atoms with Crippen LogP contribution in [-0.2, 0) is 13.6 Å². The predicted octanol–water partition coefficient (Wildman–Crippen LogP) is 4.04. The number of imidazole rings is 1. The molecule has 2 heterocycles. The minimum absolute atomic E-state index is 0.0364. The van der Waals surface area contributed by atoms with Gasteiger partial charge in [-0.1, -0.05) is 0 Å². The molecule has 1 fully saturated rings. The molecule has 3 aromatic rings. The molecule has 4 rings (SSSR count). The molecule has 11 heteroatoms. The van der Waals surface area contributed by atoms with Gasteiger partial charge in [0.1, 0.15) is 11.3 Å². The van der Waals surface area contributed by atoms with Crippen LogP contribution in [0.25, 0.3) is 11.0 Å². The van der Waals surface area contributed by atoms with Crippen LogP contribution in [0.5, 0.6) is 5.75 Å². The molecule has 0 saturated heterocycles. The Morgan fingerprint density at radius 2 is 1.94 bits per heavy atom. The number of aryl methyl sites for hydroxylation is 3. The summed E-state index contributed by atoms with van der Waals surface area (Å²) < 4.78 is 47.6. The standard InChI is InChI=1S/C23H31F3N6O2/c1-4-32-14(2)9-21(30-32)29-18-10-17(11-19-22(18)28-13-31(19)3)34-16-7-5-15(6-8-16)27-12-20(33)23(24,25)26/h9-11,13,15-16,20,27,33H,4-8,12H2,1-3H3,(H,29,30)/t15-,16+,20-/m1/s1. The van der Waals surface area contributed by atoms with Crippen LogP contribution in [0.2, 0.25) is 0 Å². The second kappa shape index (κ2) is 9.83. The Balaban J connectivity index is 1.42. The molecule has 0 unspecified atom stereocenters. The van der Waals surface area contributed by atoms with Crippen molar-refractivity contribution in [3.8, 4) is 5.75 Å². The molecular formula is C23H31F3N6O2.